The topological polar surface area (TPSA) is 171 Å². The summed E-state index contributed by atoms with van der Waals surface area (Å²) in [6, 6.07) is 63.5. The average Bonchev–Trinajstić information content (AvgIpc) is 3.60. The van der Waals surface area contributed by atoms with Gasteiger partial charge < -0.3 is 56.8 Å². The van der Waals surface area contributed by atoms with Crippen molar-refractivity contribution in [3.05, 3.63) is 250 Å². The Morgan fingerprint density at radius 2 is 0.795 bits per heavy atom. The Hall–Kier alpha value is -7.19. The molecule has 0 amide bonds. The van der Waals surface area contributed by atoms with Gasteiger partial charge in [-0.15, -0.1) is 0 Å². The van der Waals surface area contributed by atoms with Crippen LogP contribution in [0.25, 0.3) is 0 Å². The SMILES string of the molecule is CO[C@@H]1O[C@H](COCc2ccccc2)[C@H](O[C@H]2O[C@H](COCc3ccccc3)[C@H](OCc3ccccc3)[C@H](OCc3ccccc3)[C@H]2OCc2ccccc2)[C@H](OCc2ccccc2)[C@H]1OC(=O)Oc1ccc([N+](=O)[O-])cc1. The standard InChI is InChI=1S/C62H63NO15/c1-67-60-59(78-62(64)74-51-34-32-50(33-35-51)63(65)66)57(72-40-48-28-16-6-17-29-48)55(53(75-60)43-69-37-45-22-10-3-11-23-45)77-61-58(73-41-49-30-18-7-19-31-49)56(71-39-47-26-14-5-15-27-47)54(70-38-46-24-12-4-13-25-46)52(76-61)42-68-36-44-20-8-2-9-21-44/h2-35,52-61H,36-43H2,1H3/t52-,53-,54+,55+,56+,57+,58-,59-,60-,61-/m1/s1. The van der Waals surface area contributed by atoms with Crippen molar-refractivity contribution < 1.29 is 66.6 Å². The second-order valence-electron chi connectivity index (χ2n) is 18.7. The van der Waals surface area contributed by atoms with E-state index in [1.165, 1.54) is 31.4 Å². The second-order valence-corrected chi connectivity index (χ2v) is 18.7. The van der Waals surface area contributed by atoms with Gasteiger partial charge in [-0.2, -0.15) is 0 Å². The highest BCUT2D eigenvalue weighted by Crippen LogP contribution is 2.37. The largest absolute Gasteiger partial charge is 0.514 e. The molecule has 7 aromatic carbocycles. The highest BCUT2D eigenvalue weighted by atomic mass is 16.8. The normalized spacial score (nSPS) is 23.0. The molecule has 78 heavy (non-hydrogen) atoms. The first kappa shape index (κ1) is 55.6. The number of non-ortho nitro benzene ring substituents is 1. The zero-order valence-electron chi connectivity index (χ0n) is 43.1. The van der Waals surface area contributed by atoms with Crippen LogP contribution in [0, 0.1) is 10.1 Å². The van der Waals surface area contributed by atoms with E-state index in [0.29, 0.717) is 0 Å². The van der Waals surface area contributed by atoms with Crippen molar-refractivity contribution in [3.63, 3.8) is 0 Å². The van der Waals surface area contributed by atoms with E-state index in [1.807, 2.05) is 182 Å². The van der Waals surface area contributed by atoms with Crippen LogP contribution >= 0.6 is 0 Å². The van der Waals surface area contributed by atoms with Crippen LogP contribution in [-0.2, 0) is 91.7 Å². The molecule has 0 unspecified atom stereocenters. The first-order chi connectivity index (χ1) is 38.4. The van der Waals surface area contributed by atoms with Crippen LogP contribution in [0.3, 0.4) is 0 Å². The van der Waals surface area contributed by atoms with Gasteiger partial charge in [-0.25, -0.2) is 4.79 Å². The summed E-state index contributed by atoms with van der Waals surface area (Å²) in [6.45, 7) is 1.06. The van der Waals surface area contributed by atoms with Crippen molar-refractivity contribution in [2.45, 2.75) is 101 Å². The van der Waals surface area contributed by atoms with Gasteiger partial charge in [0.2, 0.25) is 0 Å². The monoisotopic (exact) mass is 1060 g/mol. The Bertz CT molecular complexity index is 2840. The molecule has 2 fully saturated rings. The van der Waals surface area contributed by atoms with Gasteiger partial charge in [-0.05, 0) is 45.5 Å². The third kappa shape index (κ3) is 16.0. The zero-order valence-corrected chi connectivity index (χ0v) is 43.1. The van der Waals surface area contributed by atoms with Gasteiger partial charge >= 0.3 is 6.16 Å². The maximum atomic E-state index is 13.9. The Labute approximate surface area is 453 Å². The van der Waals surface area contributed by atoms with Crippen LogP contribution in [0.2, 0.25) is 0 Å². The molecule has 2 aliphatic rings. The number of nitro groups is 1. The molecule has 406 valence electrons. The lowest BCUT2D eigenvalue weighted by molar-refractivity contribution is -0.384. The summed E-state index contributed by atoms with van der Waals surface area (Å²) < 4.78 is 79.7. The molecule has 9 rings (SSSR count). The second kappa shape index (κ2) is 29.0. The minimum Gasteiger partial charge on any atom is -0.422 e. The van der Waals surface area contributed by atoms with Gasteiger partial charge in [0.1, 0.15) is 48.5 Å². The summed E-state index contributed by atoms with van der Waals surface area (Å²) in [5.74, 6) is -0.00171. The fraction of sp³-hybridized carbons (Fsp3) is 0.306. The van der Waals surface area contributed by atoms with Gasteiger partial charge in [0.25, 0.3) is 5.69 Å². The van der Waals surface area contributed by atoms with Crippen molar-refractivity contribution >= 4 is 11.8 Å². The number of hydrogen-bond donors (Lipinski definition) is 0. The lowest BCUT2D eigenvalue weighted by atomic mass is 9.95. The lowest BCUT2D eigenvalue weighted by Crippen LogP contribution is -2.66. The number of nitro benzene ring substituents is 1. The van der Waals surface area contributed by atoms with Gasteiger partial charge in [-0.1, -0.05) is 182 Å². The van der Waals surface area contributed by atoms with Crippen molar-refractivity contribution in [3.8, 4) is 5.75 Å². The zero-order chi connectivity index (χ0) is 53.7. The first-order valence-electron chi connectivity index (χ1n) is 25.8. The summed E-state index contributed by atoms with van der Waals surface area (Å²) in [5, 5.41) is 11.4. The molecule has 10 atom stereocenters. The van der Waals surface area contributed by atoms with Crippen LogP contribution in [-0.4, -0.2) is 92.8 Å². The predicted molar refractivity (Wildman–Crippen MR) is 285 cm³/mol. The molecule has 0 saturated carbocycles. The Kier molecular flexibility index (Phi) is 20.6. The Morgan fingerprint density at radius 3 is 1.21 bits per heavy atom. The van der Waals surface area contributed by atoms with Crippen LogP contribution in [0.1, 0.15) is 33.4 Å². The number of carbonyl (C=O) groups is 1. The minimum absolute atomic E-state index is 0.00171. The summed E-state index contributed by atoms with van der Waals surface area (Å²) in [7, 11) is 1.42. The van der Waals surface area contributed by atoms with E-state index in [-0.39, 0.29) is 64.3 Å². The summed E-state index contributed by atoms with van der Waals surface area (Å²) >= 11 is 0. The third-order valence-electron chi connectivity index (χ3n) is 13.1. The fourth-order valence-corrected chi connectivity index (χ4v) is 9.19. The van der Waals surface area contributed by atoms with Gasteiger partial charge in [0, 0.05) is 19.2 Å². The molecule has 0 aliphatic carbocycles. The number of carbonyl (C=O) groups excluding carboxylic acids is 1. The van der Waals surface area contributed by atoms with E-state index in [4.69, 9.17) is 56.8 Å². The summed E-state index contributed by atoms with van der Waals surface area (Å²) in [6.07, 6.45) is -11.8. The quantitative estimate of drug-likeness (QED) is 0.0217. The number of nitrogens with zero attached hydrogens (tertiary/aromatic N) is 1. The molecule has 0 radical (unpaired) electrons. The minimum atomic E-state index is -1.36. The molecule has 2 aliphatic heterocycles. The van der Waals surface area contributed by atoms with Gasteiger partial charge in [-0.3, -0.25) is 10.1 Å². The molecular formula is C62H63NO15. The van der Waals surface area contributed by atoms with Crippen LogP contribution in [0.5, 0.6) is 5.75 Å². The molecule has 7 aromatic rings. The smallest absolute Gasteiger partial charge is 0.422 e. The van der Waals surface area contributed by atoms with E-state index >= 15 is 0 Å². The number of ether oxygens (including phenoxy) is 12. The molecule has 16 heteroatoms. The lowest BCUT2D eigenvalue weighted by Gasteiger charge is -2.49. The highest BCUT2D eigenvalue weighted by Gasteiger charge is 2.55. The summed E-state index contributed by atoms with van der Waals surface area (Å²) in [5.41, 5.74) is 5.24. The molecule has 2 saturated heterocycles. The van der Waals surface area contributed by atoms with Crippen molar-refractivity contribution in [2.75, 3.05) is 20.3 Å². The molecule has 0 bridgehead atoms. The Balaban J connectivity index is 1.11. The molecule has 0 aromatic heterocycles. The van der Waals surface area contributed by atoms with Crippen LogP contribution in [0.15, 0.2) is 206 Å². The number of rotatable bonds is 26. The van der Waals surface area contributed by atoms with E-state index in [2.05, 4.69) is 0 Å². The molecule has 0 N–H and O–H groups in total. The molecule has 16 nitrogen and oxygen atoms in total. The van der Waals surface area contributed by atoms with E-state index in [0.717, 1.165) is 33.4 Å². The van der Waals surface area contributed by atoms with Gasteiger partial charge in [0.05, 0.1) is 57.8 Å². The van der Waals surface area contributed by atoms with E-state index in [9.17, 15) is 14.9 Å². The maximum absolute atomic E-state index is 13.9. The predicted octanol–water partition coefficient (Wildman–Crippen LogP) is 10.7. The van der Waals surface area contributed by atoms with E-state index < -0.39 is 72.5 Å². The van der Waals surface area contributed by atoms with Crippen LogP contribution < -0.4 is 4.74 Å². The average molecular weight is 1060 g/mol. The summed E-state index contributed by atoms with van der Waals surface area (Å²) in [4.78, 5) is 24.8. The van der Waals surface area contributed by atoms with E-state index in [1.54, 1.807) is 0 Å². The highest BCUT2D eigenvalue weighted by molar-refractivity contribution is 5.64. The van der Waals surface area contributed by atoms with Gasteiger partial charge in [0.15, 0.2) is 18.7 Å². The number of methoxy groups -OCH3 is 1. The Morgan fingerprint density at radius 1 is 0.436 bits per heavy atom. The fourth-order valence-electron chi connectivity index (χ4n) is 9.19. The third-order valence-corrected chi connectivity index (χ3v) is 13.1. The van der Waals surface area contributed by atoms with Crippen LogP contribution in [0.4, 0.5) is 10.5 Å². The molecule has 2 heterocycles. The molecular weight excluding hydrogens is 999 g/mol. The molecule has 0 spiro atoms. The number of benzene rings is 7. The number of hydrogen-bond acceptors (Lipinski definition) is 15. The van der Waals surface area contributed by atoms with Crippen molar-refractivity contribution in [1.29, 1.82) is 0 Å². The maximum Gasteiger partial charge on any atom is 0.514 e. The van der Waals surface area contributed by atoms with Crippen molar-refractivity contribution in [1.82, 2.24) is 0 Å². The first-order valence-corrected chi connectivity index (χ1v) is 25.8. The van der Waals surface area contributed by atoms with Crippen molar-refractivity contribution in [2.24, 2.45) is 0 Å².